The van der Waals surface area contributed by atoms with Gasteiger partial charge in [0.05, 0.1) is 12.3 Å². The number of aryl methyl sites for hydroxylation is 1. The third kappa shape index (κ3) is 6.27. The predicted molar refractivity (Wildman–Crippen MR) is 146 cm³/mol. The van der Waals surface area contributed by atoms with E-state index in [9.17, 15) is 14.4 Å². The zero-order valence-corrected chi connectivity index (χ0v) is 22.4. The van der Waals surface area contributed by atoms with E-state index >= 15 is 0 Å². The lowest BCUT2D eigenvalue weighted by Crippen LogP contribution is -2.40. The lowest BCUT2D eigenvalue weighted by atomic mass is 10.1. The van der Waals surface area contributed by atoms with Crippen LogP contribution in [-0.2, 0) is 36.2 Å². The number of nitrogens with zero attached hydrogens (tertiary/aromatic N) is 4. The number of hydrogen-bond acceptors (Lipinski definition) is 7. The molecule has 0 aliphatic carbocycles. The van der Waals surface area contributed by atoms with E-state index in [2.05, 4.69) is 0 Å². The van der Waals surface area contributed by atoms with Gasteiger partial charge in [0.1, 0.15) is 18.1 Å². The maximum absolute atomic E-state index is 13.0. The van der Waals surface area contributed by atoms with Crippen LogP contribution in [0.25, 0.3) is 21.9 Å². The Labute approximate surface area is 221 Å². The van der Waals surface area contributed by atoms with E-state index < -0.39 is 11.2 Å². The van der Waals surface area contributed by atoms with Gasteiger partial charge in [0, 0.05) is 20.5 Å². The Morgan fingerprint density at radius 2 is 1.74 bits per heavy atom. The van der Waals surface area contributed by atoms with Gasteiger partial charge in [-0.25, -0.2) is 14.8 Å². The van der Waals surface area contributed by atoms with Gasteiger partial charge < -0.3 is 9.47 Å². The van der Waals surface area contributed by atoms with Crippen LogP contribution in [0.15, 0.2) is 52.1 Å². The van der Waals surface area contributed by atoms with Crippen LogP contribution in [0.5, 0.6) is 5.75 Å². The van der Waals surface area contributed by atoms with Crippen LogP contribution in [0.1, 0.15) is 51.4 Å². The summed E-state index contributed by atoms with van der Waals surface area (Å²) in [5, 5.41) is 2.19. The van der Waals surface area contributed by atoms with Gasteiger partial charge in [-0.15, -0.1) is 0 Å². The molecule has 2 aromatic heterocycles. The molecule has 0 spiro atoms. The molecule has 0 aliphatic rings. The first-order valence-electron chi connectivity index (χ1n) is 13.0. The summed E-state index contributed by atoms with van der Waals surface area (Å²) in [5.41, 5.74) is 0.841. The molecule has 0 saturated heterocycles. The Bertz CT molecular complexity index is 1570. The van der Waals surface area contributed by atoms with Crippen molar-refractivity contribution < 1.29 is 14.3 Å². The minimum absolute atomic E-state index is 0.148. The molecule has 2 heterocycles. The molecule has 0 N–H and O–H groups in total. The number of unbranched alkanes of at least 4 members (excludes halogenated alkanes) is 2. The van der Waals surface area contributed by atoms with Crippen molar-refractivity contribution in [3.05, 3.63) is 74.7 Å². The lowest BCUT2D eigenvalue weighted by Gasteiger charge is -2.16. The van der Waals surface area contributed by atoms with E-state index in [1.165, 1.54) is 18.5 Å². The van der Waals surface area contributed by atoms with Crippen molar-refractivity contribution in [1.82, 2.24) is 19.1 Å². The molecule has 0 aliphatic heterocycles. The summed E-state index contributed by atoms with van der Waals surface area (Å²) in [6, 6.07) is 13.9. The monoisotopic (exact) mass is 518 g/mol. The molecule has 9 heteroatoms. The van der Waals surface area contributed by atoms with Crippen LogP contribution in [0.3, 0.4) is 0 Å². The van der Waals surface area contributed by atoms with Crippen LogP contribution in [0, 0.1) is 5.92 Å². The summed E-state index contributed by atoms with van der Waals surface area (Å²) in [6.07, 6.45) is 2.91. The van der Waals surface area contributed by atoms with Gasteiger partial charge in [0.25, 0.3) is 5.56 Å². The van der Waals surface area contributed by atoms with Crippen molar-refractivity contribution in [3.8, 4) is 5.75 Å². The Morgan fingerprint density at radius 3 is 2.47 bits per heavy atom. The molecule has 2 aromatic carbocycles. The van der Waals surface area contributed by atoms with Crippen molar-refractivity contribution in [2.75, 3.05) is 6.61 Å². The maximum Gasteiger partial charge on any atom is 0.332 e. The molecule has 200 valence electrons. The van der Waals surface area contributed by atoms with Crippen molar-refractivity contribution in [2.24, 2.45) is 13.0 Å². The number of ether oxygens (including phenoxy) is 2. The standard InChI is InChI=1S/C29H34N4O5/c1-19(2)17-33-27-26(28(35)32(4)29(33)36)30-24(12-6-5-9-15-37-20(3)34)25(31-27)18-38-23-14-13-21-10-7-8-11-22(21)16-23/h7-8,10-11,13-14,16,19H,5-6,9,12,15,17-18H2,1-4H3. The first-order valence-corrected chi connectivity index (χ1v) is 13.0. The van der Waals surface area contributed by atoms with E-state index in [1.807, 2.05) is 56.3 Å². The molecule has 0 atom stereocenters. The molecule has 0 saturated carbocycles. The van der Waals surface area contributed by atoms with Gasteiger partial charge >= 0.3 is 11.7 Å². The fourth-order valence-corrected chi connectivity index (χ4v) is 4.39. The van der Waals surface area contributed by atoms with E-state index in [4.69, 9.17) is 19.4 Å². The van der Waals surface area contributed by atoms with Crippen molar-refractivity contribution in [2.45, 2.75) is 59.6 Å². The molecule has 9 nitrogen and oxygen atoms in total. The number of aromatic nitrogens is 4. The molecule has 4 aromatic rings. The maximum atomic E-state index is 13.0. The van der Waals surface area contributed by atoms with Crippen LogP contribution in [-0.4, -0.2) is 31.7 Å². The van der Waals surface area contributed by atoms with Crippen molar-refractivity contribution in [3.63, 3.8) is 0 Å². The fourth-order valence-electron chi connectivity index (χ4n) is 4.39. The summed E-state index contributed by atoms with van der Waals surface area (Å²) in [5.74, 6) is 0.577. The SMILES string of the molecule is CC(=O)OCCCCCc1nc2c(=O)n(C)c(=O)n(CC(C)C)c2nc1COc1ccc2ccccc2c1. The van der Waals surface area contributed by atoms with Crippen LogP contribution in [0.4, 0.5) is 0 Å². The Morgan fingerprint density at radius 1 is 0.974 bits per heavy atom. The molecule has 0 fully saturated rings. The highest BCUT2D eigenvalue weighted by molar-refractivity contribution is 5.83. The van der Waals surface area contributed by atoms with Crippen molar-refractivity contribution >= 4 is 27.9 Å². The number of hydrogen-bond donors (Lipinski definition) is 0. The van der Waals surface area contributed by atoms with Gasteiger partial charge in [-0.1, -0.05) is 44.2 Å². The van der Waals surface area contributed by atoms with Gasteiger partial charge in [-0.3, -0.25) is 18.7 Å². The summed E-state index contributed by atoms with van der Waals surface area (Å²) < 4.78 is 13.8. The quantitative estimate of drug-likeness (QED) is 0.217. The highest BCUT2D eigenvalue weighted by atomic mass is 16.5. The normalized spacial score (nSPS) is 11.4. The number of esters is 1. The third-order valence-corrected chi connectivity index (χ3v) is 6.32. The van der Waals surface area contributed by atoms with E-state index in [1.54, 1.807) is 0 Å². The van der Waals surface area contributed by atoms with Gasteiger partial charge in [-0.05, 0) is 54.5 Å². The first kappa shape index (κ1) is 27.0. The van der Waals surface area contributed by atoms with Crippen molar-refractivity contribution in [1.29, 1.82) is 0 Å². The lowest BCUT2D eigenvalue weighted by molar-refractivity contribution is -0.141. The minimum atomic E-state index is -0.462. The number of carbonyl (C=O) groups is 1. The van der Waals surface area contributed by atoms with Crippen LogP contribution in [0.2, 0.25) is 0 Å². The zero-order chi connectivity index (χ0) is 27.2. The molecular formula is C29H34N4O5. The van der Waals surface area contributed by atoms with Crippen LogP contribution >= 0.6 is 0 Å². The van der Waals surface area contributed by atoms with E-state index in [0.717, 1.165) is 34.6 Å². The fraction of sp³-hybridized carbons (Fsp3) is 0.414. The zero-order valence-electron chi connectivity index (χ0n) is 22.4. The Kier molecular flexibility index (Phi) is 8.55. The molecule has 0 radical (unpaired) electrons. The second-order valence-electron chi connectivity index (χ2n) is 9.89. The highest BCUT2D eigenvalue weighted by Crippen LogP contribution is 2.22. The van der Waals surface area contributed by atoms with Crippen LogP contribution < -0.4 is 16.0 Å². The highest BCUT2D eigenvalue weighted by Gasteiger charge is 2.18. The Hall–Kier alpha value is -4.01. The van der Waals surface area contributed by atoms with E-state index in [0.29, 0.717) is 36.7 Å². The molecule has 0 bridgehead atoms. The first-order chi connectivity index (χ1) is 18.2. The second-order valence-corrected chi connectivity index (χ2v) is 9.89. The summed E-state index contributed by atoms with van der Waals surface area (Å²) in [6.45, 7) is 6.34. The molecule has 0 amide bonds. The topological polar surface area (TPSA) is 105 Å². The third-order valence-electron chi connectivity index (χ3n) is 6.32. The number of benzene rings is 2. The molecule has 0 unspecified atom stereocenters. The molecule has 38 heavy (non-hydrogen) atoms. The molecular weight excluding hydrogens is 484 g/mol. The number of fused-ring (bicyclic) bond motifs is 2. The second kappa shape index (κ2) is 12.0. The van der Waals surface area contributed by atoms with Gasteiger partial charge in [0.2, 0.25) is 0 Å². The Balaban J connectivity index is 1.68. The summed E-state index contributed by atoms with van der Waals surface area (Å²) in [4.78, 5) is 46.5. The average molecular weight is 519 g/mol. The largest absolute Gasteiger partial charge is 0.487 e. The summed E-state index contributed by atoms with van der Waals surface area (Å²) in [7, 11) is 1.47. The van der Waals surface area contributed by atoms with E-state index in [-0.39, 0.29) is 29.7 Å². The number of carbonyl (C=O) groups excluding carboxylic acids is 1. The molecule has 4 rings (SSSR count). The smallest absolute Gasteiger partial charge is 0.332 e. The predicted octanol–water partition coefficient (Wildman–Crippen LogP) is 4.15. The minimum Gasteiger partial charge on any atom is -0.487 e. The number of rotatable bonds is 11. The summed E-state index contributed by atoms with van der Waals surface area (Å²) >= 11 is 0. The van der Waals surface area contributed by atoms with Gasteiger partial charge in [0.15, 0.2) is 11.2 Å². The van der Waals surface area contributed by atoms with Gasteiger partial charge in [-0.2, -0.15) is 0 Å². The average Bonchev–Trinajstić information content (AvgIpc) is 2.90.